The number of imidazole rings is 1. The summed E-state index contributed by atoms with van der Waals surface area (Å²) in [6.07, 6.45) is 3.78. The number of rotatable bonds is 7. The zero-order chi connectivity index (χ0) is 29.8. The fourth-order valence-electron chi connectivity index (χ4n) is 5.98. The topological polar surface area (TPSA) is 100 Å². The van der Waals surface area contributed by atoms with E-state index in [1.165, 1.54) is 0 Å². The molecule has 2 fully saturated rings. The molecule has 0 bridgehead atoms. The molecule has 11 heteroatoms. The Bertz CT molecular complexity index is 1860. The van der Waals surface area contributed by atoms with Gasteiger partial charge in [0.2, 0.25) is 0 Å². The van der Waals surface area contributed by atoms with Crippen LogP contribution >= 0.6 is 12.2 Å². The van der Waals surface area contributed by atoms with Crippen LogP contribution in [0.1, 0.15) is 56.6 Å². The number of hydrogen-bond donors (Lipinski definition) is 1. The van der Waals surface area contributed by atoms with Crippen molar-refractivity contribution in [2.45, 2.75) is 65.3 Å². The summed E-state index contributed by atoms with van der Waals surface area (Å²) in [5.41, 5.74) is 3.23. The molecule has 1 aliphatic heterocycles. The highest BCUT2D eigenvalue weighted by Crippen LogP contribution is 2.49. The molecule has 2 aromatic carbocycles. The molecule has 214 valence electrons. The van der Waals surface area contributed by atoms with Gasteiger partial charge in [-0.3, -0.25) is 14.5 Å². The highest BCUT2D eigenvalue weighted by molar-refractivity contribution is 7.81. The lowest BCUT2D eigenvalue weighted by Crippen LogP contribution is -2.55. The molecular weight excluding hydrogens is 550 g/mol. The van der Waals surface area contributed by atoms with Gasteiger partial charge >= 0.3 is 0 Å². The first kappa shape index (κ1) is 27.6. The molecule has 4 aromatic rings. The van der Waals surface area contributed by atoms with E-state index in [1.54, 1.807) is 21.5 Å². The highest BCUT2D eigenvalue weighted by Gasteiger charge is 2.59. The summed E-state index contributed by atoms with van der Waals surface area (Å²) in [5, 5.41) is 5.19. The molecule has 0 unspecified atom stereocenters. The van der Waals surface area contributed by atoms with Crippen LogP contribution in [0, 0.1) is 20.4 Å². The van der Waals surface area contributed by atoms with Gasteiger partial charge in [0.1, 0.15) is 17.1 Å². The van der Waals surface area contributed by atoms with Crippen molar-refractivity contribution in [1.29, 1.82) is 0 Å². The average molecular weight is 582 g/mol. The lowest BCUT2D eigenvalue weighted by atomic mass is 9.75. The van der Waals surface area contributed by atoms with E-state index in [1.807, 2.05) is 49.9 Å². The highest BCUT2D eigenvalue weighted by atomic mass is 32.1. The normalized spacial score (nSPS) is 15.9. The smallest absolute Gasteiger partial charge is 0.277 e. The number of carbonyl (C=O) groups excluding carboxylic acids is 1. The first-order chi connectivity index (χ1) is 20.2. The van der Waals surface area contributed by atoms with Crippen molar-refractivity contribution in [3.05, 3.63) is 75.3 Å². The molecular formula is C31H31N7O3S. The maximum absolute atomic E-state index is 14.0. The van der Waals surface area contributed by atoms with Crippen molar-refractivity contribution < 1.29 is 9.53 Å². The number of fused-ring (bicyclic) bond motifs is 1. The van der Waals surface area contributed by atoms with Gasteiger partial charge in [-0.15, -0.1) is 5.10 Å². The number of H-pyrrole nitrogens is 1. The summed E-state index contributed by atoms with van der Waals surface area (Å²) in [5.74, 6) is 1.55. The standard InChI is InChI=1S/C31H31N7O3S/c1-6-9-25-33-19(4)26-28(39)34-27(35-38(25)26)22-17-21(11-13-24(22)41-7-2)37-30(42)36(29(40)31(37)14-8-15-31)20-10-12-23(32-5)18(3)16-20/h10-13,16-17H,6-9,14-15H2,1-4H3,(H,34,35,39). The molecule has 1 aliphatic carbocycles. The van der Waals surface area contributed by atoms with E-state index in [0.717, 1.165) is 24.2 Å². The summed E-state index contributed by atoms with van der Waals surface area (Å²) in [7, 11) is 0. The van der Waals surface area contributed by atoms with E-state index in [2.05, 4.69) is 21.7 Å². The first-order valence-corrected chi connectivity index (χ1v) is 14.6. The Kier molecular flexibility index (Phi) is 6.81. The van der Waals surface area contributed by atoms with E-state index in [0.29, 0.717) is 76.4 Å². The Morgan fingerprint density at radius 2 is 1.88 bits per heavy atom. The third-order valence-corrected chi connectivity index (χ3v) is 8.51. The first-order valence-electron chi connectivity index (χ1n) is 14.2. The van der Waals surface area contributed by atoms with E-state index in [9.17, 15) is 9.59 Å². The second-order valence-electron chi connectivity index (χ2n) is 10.8. The van der Waals surface area contributed by atoms with Crippen molar-refractivity contribution in [3.8, 4) is 17.1 Å². The number of nitrogens with one attached hydrogen (secondary N) is 1. The molecule has 3 heterocycles. The maximum Gasteiger partial charge on any atom is 0.277 e. The van der Waals surface area contributed by atoms with E-state index < -0.39 is 5.54 Å². The van der Waals surface area contributed by atoms with Crippen molar-refractivity contribution in [1.82, 2.24) is 19.6 Å². The number of benzene rings is 2. The fraction of sp³-hybridized carbons (Fsp3) is 0.355. The maximum atomic E-state index is 14.0. The quantitative estimate of drug-likeness (QED) is 0.222. The molecule has 2 aliphatic rings. The molecule has 1 N–H and O–H groups in total. The van der Waals surface area contributed by atoms with Gasteiger partial charge in [0.25, 0.3) is 11.5 Å². The minimum absolute atomic E-state index is 0.0739. The lowest BCUT2D eigenvalue weighted by molar-refractivity contribution is -0.123. The van der Waals surface area contributed by atoms with Gasteiger partial charge in [-0.1, -0.05) is 13.0 Å². The zero-order valence-corrected chi connectivity index (χ0v) is 24.8. The van der Waals surface area contributed by atoms with Gasteiger partial charge in [-0.05, 0) is 94.6 Å². The van der Waals surface area contributed by atoms with Crippen molar-refractivity contribution in [2.75, 3.05) is 16.4 Å². The monoisotopic (exact) mass is 581 g/mol. The Labute approximate surface area is 248 Å². The summed E-state index contributed by atoms with van der Waals surface area (Å²) in [6.45, 7) is 15.4. The number of amides is 1. The predicted octanol–water partition coefficient (Wildman–Crippen LogP) is 5.66. The van der Waals surface area contributed by atoms with Crippen LogP contribution in [-0.2, 0) is 11.2 Å². The SMILES string of the molecule is [C-]#[N+]c1ccc(N2C(=O)C3(CCC3)N(c3ccc(OCC)c(-c4nn5c(CCC)nc(C)c5c(=O)[nH]4)c3)C2=S)cc1C. The van der Waals surface area contributed by atoms with E-state index >= 15 is 0 Å². The van der Waals surface area contributed by atoms with Gasteiger partial charge in [0.15, 0.2) is 22.1 Å². The molecule has 2 aromatic heterocycles. The van der Waals surface area contributed by atoms with Crippen molar-refractivity contribution >= 4 is 45.8 Å². The van der Waals surface area contributed by atoms with Gasteiger partial charge in [0, 0.05) is 17.8 Å². The van der Waals surface area contributed by atoms with Crippen LogP contribution in [0.3, 0.4) is 0 Å². The lowest BCUT2D eigenvalue weighted by Gasteiger charge is -2.43. The van der Waals surface area contributed by atoms with Crippen LogP contribution in [0.25, 0.3) is 21.7 Å². The number of ether oxygens (including phenoxy) is 1. The largest absolute Gasteiger partial charge is 0.493 e. The molecule has 10 nitrogen and oxygen atoms in total. The van der Waals surface area contributed by atoms with Crippen LogP contribution in [-0.4, -0.2) is 42.7 Å². The molecule has 1 spiro atoms. The van der Waals surface area contributed by atoms with Gasteiger partial charge in [-0.25, -0.2) is 14.3 Å². The van der Waals surface area contributed by atoms with Gasteiger partial charge < -0.3 is 14.6 Å². The number of carbonyl (C=O) groups is 1. The minimum Gasteiger partial charge on any atom is -0.493 e. The third kappa shape index (κ3) is 4.09. The molecule has 1 amide bonds. The Balaban J connectivity index is 1.49. The Hall–Kier alpha value is -4.56. The van der Waals surface area contributed by atoms with Gasteiger partial charge in [0.05, 0.1) is 24.4 Å². The third-order valence-electron chi connectivity index (χ3n) is 8.14. The van der Waals surface area contributed by atoms with Gasteiger partial charge in [-0.2, -0.15) is 0 Å². The molecule has 6 rings (SSSR count). The zero-order valence-electron chi connectivity index (χ0n) is 24.0. The predicted molar refractivity (Wildman–Crippen MR) is 166 cm³/mol. The number of aryl methyl sites for hydroxylation is 3. The van der Waals surface area contributed by atoms with Crippen molar-refractivity contribution in [2.24, 2.45) is 0 Å². The summed E-state index contributed by atoms with van der Waals surface area (Å²) in [4.78, 5) is 41.9. The molecule has 42 heavy (non-hydrogen) atoms. The second kappa shape index (κ2) is 10.4. The van der Waals surface area contributed by atoms with Crippen LogP contribution in [0.15, 0.2) is 41.2 Å². The molecule has 0 radical (unpaired) electrons. The van der Waals surface area contributed by atoms with Crippen LogP contribution in [0.5, 0.6) is 5.75 Å². The fourth-order valence-corrected chi connectivity index (χ4v) is 6.45. The summed E-state index contributed by atoms with van der Waals surface area (Å²) < 4.78 is 7.60. The number of hydrogen-bond acceptors (Lipinski definition) is 6. The number of anilines is 2. The molecule has 1 saturated carbocycles. The van der Waals surface area contributed by atoms with Crippen LogP contribution in [0.2, 0.25) is 0 Å². The van der Waals surface area contributed by atoms with Crippen LogP contribution in [0.4, 0.5) is 17.1 Å². The van der Waals surface area contributed by atoms with Crippen LogP contribution < -0.4 is 20.1 Å². The number of nitrogens with zero attached hydrogens (tertiary/aromatic N) is 6. The Morgan fingerprint density at radius 1 is 1.12 bits per heavy atom. The Morgan fingerprint density at radius 3 is 2.52 bits per heavy atom. The molecule has 0 atom stereocenters. The molecule has 1 saturated heterocycles. The average Bonchev–Trinajstić information content (AvgIpc) is 3.39. The van der Waals surface area contributed by atoms with Crippen molar-refractivity contribution in [3.63, 3.8) is 0 Å². The van der Waals surface area contributed by atoms with E-state index in [4.69, 9.17) is 28.6 Å². The number of aromatic nitrogens is 4. The number of aromatic amines is 1. The number of thiocarbonyl (C=S) groups is 1. The van der Waals surface area contributed by atoms with E-state index in [-0.39, 0.29) is 11.5 Å². The summed E-state index contributed by atoms with van der Waals surface area (Å²) in [6, 6.07) is 10.9. The second-order valence-corrected chi connectivity index (χ2v) is 11.1. The minimum atomic E-state index is -0.797. The summed E-state index contributed by atoms with van der Waals surface area (Å²) >= 11 is 5.99.